The first-order valence-electron chi connectivity index (χ1n) is 16.7. The standard InChI is InChI=1S/C32H48O6/c33-25-27-28(36-31(35-27)21-13-5-1-9-17(21)18-10-2-6-14-22(18)31)26(34)30-29(25)37-32(38-30)23-15-7-3-11-19(23)20-12-4-8-16-24(20)32/h17-30,33-34H,1-16H2/t17?,18?,19?,20?,21?,22?,23?,24?,25?,26?,27-,28+,29-,30?,31?,32?/m0/s1. The van der Waals surface area contributed by atoms with Crippen LogP contribution in [-0.2, 0) is 18.9 Å². The molecule has 9 fully saturated rings. The Kier molecular flexibility index (Phi) is 5.54. The van der Waals surface area contributed by atoms with Gasteiger partial charge in [0, 0.05) is 23.7 Å². The van der Waals surface area contributed by atoms with Crippen molar-refractivity contribution in [1.82, 2.24) is 0 Å². The van der Waals surface area contributed by atoms with Gasteiger partial charge in [0.05, 0.1) is 0 Å². The number of ether oxygens (including phenoxy) is 4. The van der Waals surface area contributed by atoms with Crippen molar-refractivity contribution >= 4 is 0 Å². The average Bonchev–Trinajstić information content (AvgIpc) is 3.71. The lowest BCUT2D eigenvalue weighted by molar-refractivity contribution is -0.261. The van der Waals surface area contributed by atoms with E-state index in [1.54, 1.807) is 0 Å². The van der Waals surface area contributed by atoms with Crippen molar-refractivity contribution in [2.45, 2.75) is 151 Å². The van der Waals surface area contributed by atoms with Crippen LogP contribution in [0.3, 0.4) is 0 Å². The molecule has 2 saturated heterocycles. The highest BCUT2D eigenvalue weighted by molar-refractivity contribution is 5.17. The van der Waals surface area contributed by atoms with Crippen molar-refractivity contribution < 1.29 is 29.2 Å². The smallest absolute Gasteiger partial charge is 0.175 e. The maximum atomic E-state index is 11.9. The Labute approximate surface area is 227 Å². The van der Waals surface area contributed by atoms with Gasteiger partial charge < -0.3 is 29.2 Å². The molecule has 2 heterocycles. The van der Waals surface area contributed by atoms with Crippen LogP contribution in [-0.4, -0.2) is 58.4 Å². The summed E-state index contributed by atoms with van der Waals surface area (Å²) in [7, 11) is 0. The summed E-state index contributed by atoms with van der Waals surface area (Å²) >= 11 is 0. The Hall–Kier alpha value is -0.240. The summed E-state index contributed by atoms with van der Waals surface area (Å²) in [4.78, 5) is 0. The molecule has 0 bridgehead atoms. The van der Waals surface area contributed by atoms with E-state index in [-0.39, 0.29) is 0 Å². The summed E-state index contributed by atoms with van der Waals surface area (Å²) in [5.41, 5.74) is 0. The van der Waals surface area contributed by atoms with Crippen molar-refractivity contribution in [2.75, 3.05) is 0 Å². The Bertz CT molecular complexity index is 793. The maximum Gasteiger partial charge on any atom is 0.175 e. The van der Waals surface area contributed by atoms with Gasteiger partial charge in [-0.25, -0.2) is 0 Å². The van der Waals surface area contributed by atoms with E-state index in [4.69, 9.17) is 18.9 Å². The zero-order valence-electron chi connectivity index (χ0n) is 22.9. The molecule has 9 rings (SSSR count). The third-order valence-electron chi connectivity index (χ3n) is 13.7. The van der Waals surface area contributed by atoms with E-state index in [9.17, 15) is 10.2 Å². The molecular weight excluding hydrogens is 480 g/mol. The average molecular weight is 529 g/mol. The first-order chi connectivity index (χ1) is 18.6. The van der Waals surface area contributed by atoms with Crippen LogP contribution in [0.15, 0.2) is 0 Å². The quantitative estimate of drug-likeness (QED) is 0.464. The minimum atomic E-state index is -0.818. The number of aliphatic hydroxyl groups is 2. The fraction of sp³-hybridized carbons (Fsp3) is 1.00. The van der Waals surface area contributed by atoms with Crippen LogP contribution < -0.4 is 0 Å². The van der Waals surface area contributed by atoms with Gasteiger partial charge >= 0.3 is 0 Å². The lowest BCUT2D eigenvalue weighted by Gasteiger charge is -2.40. The molecule has 7 saturated carbocycles. The lowest BCUT2D eigenvalue weighted by atomic mass is 9.73. The molecule has 0 aromatic rings. The van der Waals surface area contributed by atoms with E-state index in [2.05, 4.69) is 0 Å². The topological polar surface area (TPSA) is 77.4 Å². The second-order valence-corrected chi connectivity index (χ2v) is 15.0. The predicted octanol–water partition coefficient (Wildman–Crippen LogP) is 4.94. The summed E-state index contributed by atoms with van der Waals surface area (Å²) in [6, 6.07) is 0. The Morgan fingerprint density at radius 3 is 0.868 bits per heavy atom. The van der Waals surface area contributed by atoms with Crippen LogP contribution in [0.4, 0.5) is 0 Å². The van der Waals surface area contributed by atoms with E-state index in [1.165, 1.54) is 77.0 Å². The summed E-state index contributed by atoms with van der Waals surface area (Å²) in [6.45, 7) is 0. The largest absolute Gasteiger partial charge is 0.387 e. The number of fused-ring (bicyclic) bond motifs is 12. The number of rotatable bonds is 0. The van der Waals surface area contributed by atoms with E-state index in [0.29, 0.717) is 47.3 Å². The lowest BCUT2D eigenvalue weighted by Crippen LogP contribution is -2.61. The zero-order chi connectivity index (χ0) is 25.2. The molecule has 2 aliphatic heterocycles. The second-order valence-electron chi connectivity index (χ2n) is 15.0. The normalized spacial score (nSPS) is 62.7. The Morgan fingerprint density at radius 2 is 0.605 bits per heavy atom. The Balaban J connectivity index is 1.04. The van der Waals surface area contributed by atoms with Gasteiger partial charge in [0.25, 0.3) is 0 Å². The van der Waals surface area contributed by atoms with Crippen molar-refractivity contribution in [3.8, 4) is 0 Å². The molecule has 6 heteroatoms. The second kappa shape index (κ2) is 8.64. The first kappa shape index (κ1) is 24.4. The zero-order valence-corrected chi connectivity index (χ0v) is 22.9. The molecule has 9 aliphatic rings. The Morgan fingerprint density at radius 1 is 0.368 bits per heavy atom. The van der Waals surface area contributed by atoms with Crippen LogP contribution >= 0.6 is 0 Å². The van der Waals surface area contributed by atoms with Crippen molar-refractivity contribution in [3.05, 3.63) is 0 Å². The van der Waals surface area contributed by atoms with Gasteiger partial charge in [0.1, 0.15) is 36.6 Å². The van der Waals surface area contributed by atoms with Crippen LogP contribution in [0.2, 0.25) is 0 Å². The van der Waals surface area contributed by atoms with E-state index < -0.39 is 48.2 Å². The molecule has 2 spiro atoms. The summed E-state index contributed by atoms with van der Waals surface area (Å²) in [5, 5.41) is 23.8. The molecule has 0 radical (unpaired) electrons. The first-order valence-corrected chi connectivity index (χ1v) is 16.7. The maximum absolute atomic E-state index is 11.9. The fourth-order valence-corrected chi connectivity index (χ4v) is 12.5. The molecule has 38 heavy (non-hydrogen) atoms. The van der Waals surface area contributed by atoms with Crippen LogP contribution in [0.5, 0.6) is 0 Å². The van der Waals surface area contributed by atoms with E-state index in [0.717, 1.165) is 25.7 Å². The summed E-state index contributed by atoms with van der Waals surface area (Å²) < 4.78 is 28.2. The van der Waals surface area contributed by atoms with Gasteiger partial charge in [-0.05, 0) is 75.0 Å². The van der Waals surface area contributed by atoms with E-state index >= 15 is 0 Å². The number of hydrogen-bond acceptors (Lipinski definition) is 6. The third kappa shape index (κ3) is 3.01. The molecule has 212 valence electrons. The minimum Gasteiger partial charge on any atom is -0.387 e. The highest BCUT2D eigenvalue weighted by atomic mass is 16.8. The van der Waals surface area contributed by atoms with Crippen molar-refractivity contribution in [3.63, 3.8) is 0 Å². The number of aliphatic hydroxyl groups excluding tert-OH is 2. The van der Waals surface area contributed by atoms with Crippen LogP contribution in [0, 0.1) is 47.3 Å². The van der Waals surface area contributed by atoms with Crippen molar-refractivity contribution in [1.29, 1.82) is 0 Å². The molecule has 14 atom stereocenters. The fourth-order valence-electron chi connectivity index (χ4n) is 12.5. The van der Waals surface area contributed by atoms with Crippen molar-refractivity contribution in [2.24, 2.45) is 47.3 Å². The molecule has 2 N–H and O–H groups in total. The molecule has 0 aromatic heterocycles. The molecule has 7 aliphatic carbocycles. The minimum absolute atomic E-state index is 0.392. The van der Waals surface area contributed by atoms with Crippen LogP contribution in [0.1, 0.15) is 103 Å². The van der Waals surface area contributed by atoms with Gasteiger partial charge in [-0.2, -0.15) is 0 Å². The van der Waals surface area contributed by atoms with Gasteiger partial charge in [-0.3, -0.25) is 0 Å². The van der Waals surface area contributed by atoms with Gasteiger partial charge in [0.15, 0.2) is 11.6 Å². The molecule has 0 amide bonds. The third-order valence-corrected chi connectivity index (χ3v) is 13.7. The van der Waals surface area contributed by atoms with Gasteiger partial charge in [-0.15, -0.1) is 0 Å². The molecular formula is C32H48O6. The highest BCUT2D eigenvalue weighted by Gasteiger charge is 2.74. The summed E-state index contributed by atoms with van der Waals surface area (Å²) in [5.74, 6) is 2.97. The van der Waals surface area contributed by atoms with Gasteiger partial charge in [0.2, 0.25) is 0 Å². The molecule has 0 aromatic carbocycles. The van der Waals surface area contributed by atoms with Crippen LogP contribution in [0.25, 0.3) is 0 Å². The summed E-state index contributed by atoms with van der Waals surface area (Å²) in [6.07, 6.45) is 16.2. The molecule has 6 nitrogen and oxygen atoms in total. The molecule has 11 unspecified atom stereocenters. The number of hydrogen-bond donors (Lipinski definition) is 2. The SMILES string of the molecule is OC1C2OC3(O[C@H]2C(O)[C@@H]2OC4(O[C@H]12)C1CCCCC1C1CCCCC14)C1CCCCC1C1CCCCC13. The predicted molar refractivity (Wildman–Crippen MR) is 139 cm³/mol. The van der Waals surface area contributed by atoms with E-state index in [1.807, 2.05) is 0 Å². The highest BCUT2D eigenvalue weighted by Crippen LogP contribution is 2.67. The van der Waals surface area contributed by atoms with Gasteiger partial charge in [-0.1, -0.05) is 51.4 Å². The monoisotopic (exact) mass is 528 g/mol.